The first kappa shape index (κ1) is 14.0. The number of hydrogen-bond acceptors (Lipinski definition) is 2. The van der Waals surface area contributed by atoms with E-state index in [1.165, 1.54) is 0 Å². The van der Waals surface area contributed by atoms with Gasteiger partial charge in [0.2, 0.25) is 5.91 Å². The molecule has 0 bridgehead atoms. The highest BCUT2D eigenvalue weighted by molar-refractivity contribution is 6.31. The Morgan fingerprint density at radius 3 is 3.00 bits per heavy atom. The molecular formula is C13H19ClN2O. The summed E-state index contributed by atoms with van der Waals surface area (Å²) >= 11 is 5.86. The SMILES string of the molecule is CNC(C)CC(=O)NCC1C=CC=C(Cl)C=C1. The maximum Gasteiger partial charge on any atom is 0.221 e. The molecule has 1 aliphatic rings. The van der Waals surface area contributed by atoms with E-state index >= 15 is 0 Å². The van der Waals surface area contributed by atoms with Crippen LogP contribution in [0.2, 0.25) is 0 Å². The second kappa shape index (κ2) is 7.30. The van der Waals surface area contributed by atoms with Crippen molar-refractivity contribution in [1.29, 1.82) is 0 Å². The molecule has 1 aliphatic carbocycles. The van der Waals surface area contributed by atoms with Crippen molar-refractivity contribution in [2.45, 2.75) is 19.4 Å². The van der Waals surface area contributed by atoms with Gasteiger partial charge in [0, 0.05) is 30.0 Å². The number of rotatable bonds is 5. The number of halogens is 1. The fourth-order valence-corrected chi connectivity index (χ4v) is 1.59. The fraction of sp³-hybridized carbons (Fsp3) is 0.462. The largest absolute Gasteiger partial charge is 0.355 e. The van der Waals surface area contributed by atoms with Gasteiger partial charge in [-0.25, -0.2) is 0 Å². The van der Waals surface area contributed by atoms with E-state index in [1.807, 2.05) is 44.4 Å². The van der Waals surface area contributed by atoms with Gasteiger partial charge in [-0.15, -0.1) is 0 Å². The quantitative estimate of drug-likeness (QED) is 0.788. The van der Waals surface area contributed by atoms with Crippen molar-refractivity contribution < 1.29 is 4.79 Å². The summed E-state index contributed by atoms with van der Waals surface area (Å²) in [6.07, 6.45) is 10.1. The van der Waals surface area contributed by atoms with Gasteiger partial charge >= 0.3 is 0 Å². The van der Waals surface area contributed by atoms with Crippen LogP contribution in [0, 0.1) is 5.92 Å². The Labute approximate surface area is 108 Å². The predicted molar refractivity (Wildman–Crippen MR) is 71.9 cm³/mol. The Kier molecular flexibility index (Phi) is 6.01. The third-order valence-corrected chi connectivity index (χ3v) is 2.89. The van der Waals surface area contributed by atoms with Crippen molar-refractivity contribution in [3.05, 3.63) is 35.4 Å². The van der Waals surface area contributed by atoms with Crippen molar-refractivity contribution in [3.8, 4) is 0 Å². The lowest BCUT2D eigenvalue weighted by molar-refractivity contribution is -0.121. The maximum absolute atomic E-state index is 11.6. The average molecular weight is 255 g/mol. The number of allylic oxidation sites excluding steroid dienone is 4. The normalized spacial score (nSPS) is 20.6. The molecule has 3 nitrogen and oxygen atoms in total. The molecule has 4 heteroatoms. The Bertz CT molecular complexity index is 347. The van der Waals surface area contributed by atoms with Gasteiger partial charge in [-0.2, -0.15) is 0 Å². The minimum atomic E-state index is 0.0666. The number of carbonyl (C=O) groups excluding carboxylic acids is 1. The molecule has 0 spiro atoms. The highest BCUT2D eigenvalue weighted by atomic mass is 35.5. The first-order valence-electron chi connectivity index (χ1n) is 5.78. The van der Waals surface area contributed by atoms with Gasteiger partial charge in [0.05, 0.1) is 0 Å². The molecule has 2 N–H and O–H groups in total. The summed E-state index contributed by atoms with van der Waals surface area (Å²) in [4.78, 5) is 11.6. The standard InChI is InChI=1S/C13H19ClN2O/c1-10(15-2)8-13(17)16-9-11-4-3-5-12(14)7-6-11/h3-7,10-11,15H,8-9H2,1-2H3,(H,16,17). The molecule has 1 rings (SSSR count). The number of amides is 1. The summed E-state index contributed by atoms with van der Waals surface area (Å²) in [7, 11) is 1.85. The summed E-state index contributed by atoms with van der Waals surface area (Å²) in [6.45, 7) is 2.59. The van der Waals surface area contributed by atoms with Crippen molar-refractivity contribution >= 4 is 17.5 Å². The second-order valence-electron chi connectivity index (χ2n) is 4.16. The molecule has 0 radical (unpaired) electrons. The van der Waals surface area contributed by atoms with Gasteiger partial charge in [-0.05, 0) is 26.1 Å². The molecule has 0 aromatic rings. The van der Waals surface area contributed by atoms with Crippen molar-refractivity contribution in [3.63, 3.8) is 0 Å². The molecule has 94 valence electrons. The number of carbonyl (C=O) groups is 1. The van der Waals surface area contributed by atoms with Gasteiger partial charge in [0.25, 0.3) is 0 Å². The van der Waals surface area contributed by atoms with E-state index in [1.54, 1.807) is 0 Å². The first-order chi connectivity index (χ1) is 8.11. The van der Waals surface area contributed by atoms with Crippen LogP contribution in [0.4, 0.5) is 0 Å². The monoisotopic (exact) mass is 254 g/mol. The van der Waals surface area contributed by atoms with Gasteiger partial charge in [-0.1, -0.05) is 29.8 Å². The minimum Gasteiger partial charge on any atom is -0.355 e. The Morgan fingerprint density at radius 1 is 1.53 bits per heavy atom. The van der Waals surface area contributed by atoms with Crippen LogP contribution in [-0.4, -0.2) is 25.5 Å². The van der Waals surface area contributed by atoms with E-state index in [2.05, 4.69) is 10.6 Å². The van der Waals surface area contributed by atoms with Crippen molar-refractivity contribution in [2.75, 3.05) is 13.6 Å². The molecule has 0 aromatic heterocycles. The van der Waals surface area contributed by atoms with Gasteiger partial charge in [0.1, 0.15) is 0 Å². The third kappa shape index (κ3) is 5.71. The summed E-state index contributed by atoms with van der Waals surface area (Å²) in [5.74, 6) is 0.272. The molecule has 0 saturated heterocycles. The lowest BCUT2D eigenvalue weighted by Gasteiger charge is -2.12. The van der Waals surface area contributed by atoms with E-state index in [9.17, 15) is 4.79 Å². The molecule has 2 unspecified atom stereocenters. The molecule has 0 heterocycles. The number of nitrogens with one attached hydrogen (secondary N) is 2. The summed E-state index contributed by atoms with van der Waals surface area (Å²) < 4.78 is 0. The molecule has 0 fully saturated rings. The highest BCUT2D eigenvalue weighted by Gasteiger charge is 2.08. The predicted octanol–water partition coefficient (Wildman–Crippen LogP) is 1.97. The van der Waals surface area contributed by atoms with Crippen LogP contribution in [0.3, 0.4) is 0 Å². The smallest absolute Gasteiger partial charge is 0.221 e. The van der Waals surface area contributed by atoms with Crippen LogP contribution in [-0.2, 0) is 4.79 Å². The summed E-state index contributed by atoms with van der Waals surface area (Å²) in [5, 5.41) is 6.65. The molecule has 17 heavy (non-hydrogen) atoms. The van der Waals surface area contributed by atoms with Crippen molar-refractivity contribution in [1.82, 2.24) is 10.6 Å². The van der Waals surface area contributed by atoms with Crippen LogP contribution in [0.5, 0.6) is 0 Å². The van der Waals surface area contributed by atoms with Crippen molar-refractivity contribution in [2.24, 2.45) is 5.92 Å². The third-order valence-electron chi connectivity index (χ3n) is 2.64. The average Bonchev–Trinajstić information content (AvgIpc) is 2.51. The van der Waals surface area contributed by atoms with Crippen LogP contribution in [0.1, 0.15) is 13.3 Å². The van der Waals surface area contributed by atoms with Gasteiger partial charge in [0.15, 0.2) is 0 Å². The van der Waals surface area contributed by atoms with E-state index in [0.29, 0.717) is 18.0 Å². The van der Waals surface area contributed by atoms with Crippen LogP contribution < -0.4 is 10.6 Å². The second-order valence-corrected chi connectivity index (χ2v) is 4.59. The van der Waals surface area contributed by atoms with Crippen LogP contribution in [0.15, 0.2) is 35.4 Å². The highest BCUT2D eigenvalue weighted by Crippen LogP contribution is 2.12. The zero-order valence-electron chi connectivity index (χ0n) is 10.2. The first-order valence-corrected chi connectivity index (χ1v) is 6.15. The lowest BCUT2D eigenvalue weighted by Crippen LogP contribution is -2.33. The van der Waals surface area contributed by atoms with E-state index in [4.69, 9.17) is 11.6 Å². The molecule has 0 aromatic carbocycles. The maximum atomic E-state index is 11.6. The zero-order chi connectivity index (χ0) is 12.7. The van der Waals surface area contributed by atoms with Crippen LogP contribution in [0.25, 0.3) is 0 Å². The van der Waals surface area contributed by atoms with Crippen LogP contribution >= 0.6 is 11.6 Å². The zero-order valence-corrected chi connectivity index (χ0v) is 11.0. The molecule has 2 atom stereocenters. The van der Waals surface area contributed by atoms with Gasteiger partial charge in [-0.3, -0.25) is 4.79 Å². The number of hydrogen-bond donors (Lipinski definition) is 2. The van der Waals surface area contributed by atoms with E-state index in [0.717, 1.165) is 0 Å². The summed E-state index contributed by atoms with van der Waals surface area (Å²) in [6, 6.07) is 0.200. The molecule has 1 amide bonds. The Balaban J connectivity index is 2.32. The Morgan fingerprint density at radius 2 is 2.29 bits per heavy atom. The van der Waals surface area contributed by atoms with E-state index < -0.39 is 0 Å². The minimum absolute atomic E-state index is 0.0666. The fourth-order valence-electron chi connectivity index (χ4n) is 1.45. The molecule has 0 aliphatic heterocycles. The molecular weight excluding hydrogens is 236 g/mol. The lowest BCUT2D eigenvalue weighted by atomic mass is 10.1. The molecule has 0 saturated carbocycles. The summed E-state index contributed by atoms with van der Waals surface area (Å²) in [5.41, 5.74) is 0. The van der Waals surface area contributed by atoms with E-state index in [-0.39, 0.29) is 17.9 Å². The van der Waals surface area contributed by atoms with Gasteiger partial charge < -0.3 is 10.6 Å². The topological polar surface area (TPSA) is 41.1 Å². The Hall–Kier alpha value is -1.06.